The Morgan fingerprint density at radius 1 is 1.38 bits per heavy atom. The predicted molar refractivity (Wildman–Crippen MR) is 61.0 cm³/mol. The maximum Gasteiger partial charge on any atom is 0.00724 e. The lowest BCUT2D eigenvalue weighted by atomic mass is 9.96. The van der Waals surface area contributed by atoms with E-state index in [0.717, 1.165) is 18.9 Å². The molecule has 2 unspecified atom stereocenters. The molecule has 0 aliphatic rings. The molecule has 78 valence electrons. The van der Waals surface area contributed by atoms with Crippen molar-refractivity contribution in [2.45, 2.75) is 52.5 Å². The van der Waals surface area contributed by atoms with Crippen molar-refractivity contribution in [3.63, 3.8) is 0 Å². The minimum Gasteiger partial charge on any atom is -0.314 e. The fourth-order valence-corrected chi connectivity index (χ4v) is 1.56. The summed E-state index contributed by atoms with van der Waals surface area (Å²) >= 11 is 0. The minimum atomic E-state index is 0.693. The van der Waals surface area contributed by atoms with Crippen LogP contribution in [0.2, 0.25) is 0 Å². The van der Waals surface area contributed by atoms with Gasteiger partial charge in [0.25, 0.3) is 0 Å². The first-order valence-electron chi connectivity index (χ1n) is 5.58. The van der Waals surface area contributed by atoms with Crippen LogP contribution in [0.3, 0.4) is 0 Å². The molecular weight excluding hydrogens is 158 g/mol. The molecule has 1 N–H and O–H groups in total. The van der Waals surface area contributed by atoms with E-state index < -0.39 is 0 Å². The van der Waals surface area contributed by atoms with Gasteiger partial charge in [0.05, 0.1) is 0 Å². The van der Waals surface area contributed by atoms with Gasteiger partial charge in [0, 0.05) is 6.04 Å². The summed E-state index contributed by atoms with van der Waals surface area (Å²) in [7, 11) is 0. The average Bonchev–Trinajstić information content (AvgIpc) is 2.14. The average molecular weight is 183 g/mol. The summed E-state index contributed by atoms with van der Waals surface area (Å²) in [5.74, 6) is 0.842. The molecule has 0 saturated carbocycles. The summed E-state index contributed by atoms with van der Waals surface area (Å²) in [6, 6.07) is 0.693. The van der Waals surface area contributed by atoms with Gasteiger partial charge in [-0.05, 0) is 31.7 Å². The molecule has 0 saturated heterocycles. The summed E-state index contributed by atoms with van der Waals surface area (Å²) in [6.45, 7) is 11.6. The highest BCUT2D eigenvalue weighted by molar-refractivity contribution is 4.75. The minimum absolute atomic E-state index is 0.693. The Labute approximate surface area is 83.6 Å². The molecule has 0 aliphatic carbocycles. The molecule has 0 radical (unpaired) electrons. The van der Waals surface area contributed by atoms with E-state index in [0.29, 0.717) is 6.04 Å². The van der Waals surface area contributed by atoms with E-state index in [1.807, 2.05) is 6.08 Å². The van der Waals surface area contributed by atoms with E-state index in [4.69, 9.17) is 0 Å². The van der Waals surface area contributed by atoms with Gasteiger partial charge < -0.3 is 5.32 Å². The molecule has 0 aromatic heterocycles. The third kappa shape index (κ3) is 6.83. The van der Waals surface area contributed by atoms with Crippen molar-refractivity contribution in [1.29, 1.82) is 0 Å². The number of hydrogen-bond acceptors (Lipinski definition) is 1. The van der Waals surface area contributed by atoms with Crippen LogP contribution >= 0.6 is 0 Å². The Morgan fingerprint density at radius 2 is 2.08 bits per heavy atom. The topological polar surface area (TPSA) is 12.0 Å². The first-order chi connectivity index (χ1) is 6.24. The Morgan fingerprint density at radius 3 is 2.54 bits per heavy atom. The van der Waals surface area contributed by atoms with E-state index in [-0.39, 0.29) is 0 Å². The van der Waals surface area contributed by atoms with Crippen LogP contribution in [-0.4, -0.2) is 12.6 Å². The van der Waals surface area contributed by atoms with Gasteiger partial charge in [0.2, 0.25) is 0 Å². The van der Waals surface area contributed by atoms with Crippen LogP contribution < -0.4 is 5.32 Å². The smallest absolute Gasteiger partial charge is 0.00724 e. The van der Waals surface area contributed by atoms with E-state index in [2.05, 4.69) is 32.7 Å². The van der Waals surface area contributed by atoms with E-state index >= 15 is 0 Å². The fraction of sp³-hybridized carbons (Fsp3) is 0.833. The lowest BCUT2D eigenvalue weighted by Gasteiger charge is -2.20. The SMILES string of the molecule is C=CCCC(CC(C)CC)NCC. The predicted octanol–water partition coefficient (Wildman–Crippen LogP) is 3.37. The van der Waals surface area contributed by atoms with Crippen LogP contribution in [0, 0.1) is 5.92 Å². The highest BCUT2D eigenvalue weighted by Crippen LogP contribution is 2.13. The van der Waals surface area contributed by atoms with Gasteiger partial charge in [-0.25, -0.2) is 0 Å². The van der Waals surface area contributed by atoms with Crippen LogP contribution in [0.15, 0.2) is 12.7 Å². The fourth-order valence-electron chi connectivity index (χ4n) is 1.56. The maximum atomic E-state index is 3.76. The quantitative estimate of drug-likeness (QED) is 0.569. The third-order valence-electron chi connectivity index (χ3n) is 2.60. The van der Waals surface area contributed by atoms with E-state index in [9.17, 15) is 0 Å². The number of hydrogen-bond donors (Lipinski definition) is 1. The van der Waals surface area contributed by atoms with Crippen LogP contribution in [0.4, 0.5) is 0 Å². The van der Waals surface area contributed by atoms with Crippen LogP contribution in [0.25, 0.3) is 0 Å². The summed E-state index contributed by atoms with van der Waals surface area (Å²) in [6.07, 6.45) is 6.98. The zero-order valence-electron chi connectivity index (χ0n) is 9.47. The Hall–Kier alpha value is -0.300. The summed E-state index contributed by atoms with van der Waals surface area (Å²) in [4.78, 5) is 0. The number of nitrogens with one attached hydrogen (secondary N) is 1. The second kappa shape index (κ2) is 8.31. The molecule has 1 heteroatoms. The summed E-state index contributed by atoms with van der Waals surface area (Å²) in [5, 5.41) is 3.53. The Bertz CT molecular complexity index is 120. The Balaban J connectivity index is 3.71. The van der Waals surface area contributed by atoms with E-state index in [1.165, 1.54) is 19.3 Å². The maximum absolute atomic E-state index is 3.76. The van der Waals surface area contributed by atoms with Crippen molar-refractivity contribution in [2.24, 2.45) is 5.92 Å². The normalized spacial score (nSPS) is 15.3. The first kappa shape index (κ1) is 12.7. The van der Waals surface area contributed by atoms with Gasteiger partial charge in [-0.15, -0.1) is 6.58 Å². The molecule has 0 heterocycles. The largest absolute Gasteiger partial charge is 0.314 e. The monoisotopic (exact) mass is 183 g/mol. The second-order valence-electron chi connectivity index (χ2n) is 3.87. The molecule has 0 spiro atoms. The number of allylic oxidation sites excluding steroid dienone is 1. The zero-order chi connectivity index (χ0) is 10.1. The second-order valence-corrected chi connectivity index (χ2v) is 3.87. The van der Waals surface area contributed by atoms with Gasteiger partial charge in [-0.3, -0.25) is 0 Å². The molecule has 0 bridgehead atoms. The molecule has 0 aromatic rings. The van der Waals surface area contributed by atoms with Crippen LogP contribution in [0.1, 0.15) is 46.5 Å². The van der Waals surface area contributed by atoms with Crippen molar-refractivity contribution >= 4 is 0 Å². The third-order valence-corrected chi connectivity index (χ3v) is 2.60. The molecular formula is C12H25N. The molecule has 0 rings (SSSR count). The molecule has 1 nitrogen and oxygen atoms in total. The summed E-state index contributed by atoms with van der Waals surface area (Å²) in [5.41, 5.74) is 0. The van der Waals surface area contributed by atoms with Gasteiger partial charge in [0.15, 0.2) is 0 Å². The van der Waals surface area contributed by atoms with Crippen molar-refractivity contribution in [1.82, 2.24) is 5.32 Å². The van der Waals surface area contributed by atoms with Crippen molar-refractivity contribution in [3.05, 3.63) is 12.7 Å². The molecule has 0 aliphatic heterocycles. The van der Waals surface area contributed by atoms with Crippen LogP contribution in [0.5, 0.6) is 0 Å². The van der Waals surface area contributed by atoms with Gasteiger partial charge in [-0.2, -0.15) is 0 Å². The number of rotatable bonds is 8. The highest BCUT2D eigenvalue weighted by Gasteiger charge is 2.09. The first-order valence-corrected chi connectivity index (χ1v) is 5.58. The van der Waals surface area contributed by atoms with Gasteiger partial charge >= 0.3 is 0 Å². The van der Waals surface area contributed by atoms with Crippen molar-refractivity contribution in [2.75, 3.05) is 6.54 Å². The van der Waals surface area contributed by atoms with Gasteiger partial charge in [-0.1, -0.05) is 33.3 Å². The lowest BCUT2D eigenvalue weighted by molar-refractivity contribution is 0.384. The van der Waals surface area contributed by atoms with E-state index in [1.54, 1.807) is 0 Å². The molecule has 2 atom stereocenters. The van der Waals surface area contributed by atoms with Crippen molar-refractivity contribution < 1.29 is 0 Å². The molecule has 0 fully saturated rings. The molecule has 0 aromatic carbocycles. The van der Waals surface area contributed by atoms with Crippen molar-refractivity contribution in [3.8, 4) is 0 Å². The zero-order valence-corrected chi connectivity index (χ0v) is 9.47. The van der Waals surface area contributed by atoms with Crippen LogP contribution in [-0.2, 0) is 0 Å². The standard InChI is InChI=1S/C12H25N/c1-5-8-9-12(13-7-3)10-11(4)6-2/h5,11-13H,1,6-10H2,2-4H3. The molecule has 13 heavy (non-hydrogen) atoms. The summed E-state index contributed by atoms with van der Waals surface area (Å²) < 4.78 is 0. The highest BCUT2D eigenvalue weighted by atomic mass is 14.9. The molecule has 0 amide bonds. The van der Waals surface area contributed by atoms with Gasteiger partial charge in [0.1, 0.15) is 0 Å². The lowest BCUT2D eigenvalue weighted by Crippen LogP contribution is -2.30. The Kier molecular flexibility index (Phi) is 8.11.